The summed E-state index contributed by atoms with van der Waals surface area (Å²) in [6, 6.07) is 19.7. The van der Waals surface area contributed by atoms with Crippen LogP contribution < -0.4 is 0 Å². The van der Waals surface area contributed by atoms with E-state index in [2.05, 4.69) is 4.98 Å². The van der Waals surface area contributed by atoms with E-state index in [1.165, 1.54) is 0 Å². The molecule has 2 nitrogen and oxygen atoms in total. The third-order valence-electron chi connectivity index (χ3n) is 6.91. The number of aromatic nitrogens is 2. The molecule has 0 aliphatic carbocycles. The Morgan fingerprint density at radius 1 is 0.513 bits per heavy atom. The van der Waals surface area contributed by atoms with Crippen molar-refractivity contribution >= 4 is 54.7 Å². The molecule has 0 bridgehead atoms. The fourth-order valence-corrected chi connectivity index (χ4v) is 6.03. The predicted octanol–water partition coefficient (Wildman–Crippen LogP) is 10.2. The first-order chi connectivity index (χ1) is 23.1. The van der Waals surface area contributed by atoms with Crippen molar-refractivity contribution in [1.82, 2.24) is 9.97 Å². The Kier molecular flexibility index (Phi) is 3.39. The Bertz CT molecular complexity index is 2680. The zero-order valence-corrected chi connectivity index (χ0v) is 21.1. The molecule has 0 unspecified atom stereocenters. The van der Waals surface area contributed by atoms with Crippen LogP contribution in [0.25, 0.3) is 75.5 Å². The topological polar surface area (TPSA) is 25.8 Å². The van der Waals surface area contributed by atoms with Crippen LogP contribution in [0, 0.1) is 0 Å². The normalized spacial score (nSPS) is 14.8. The Morgan fingerprint density at radius 3 is 2.13 bits per heavy atom. The van der Waals surface area contributed by atoms with E-state index in [1.807, 2.05) is 72.8 Å². The van der Waals surface area contributed by atoms with Crippen molar-refractivity contribution in [3.63, 3.8) is 0 Å². The highest BCUT2D eigenvalue weighted by molar-refractivity contribution is 7.19. The Hall–Kier alpha value is -4.86. The summed E-state index contributed by atoms with van der Waals surface area (Å²) >= 11 is 1.06. The molecule has 0 aliphatic rings. The summed E-state index contributed by atoms with van der Waals surface area (Å²) in [6.45, 7) is 0. The number of rotatable bonds is 3. The lowest BCUT2D eigenvalue weighted by molar-refractivity contribution is 1.37. The molecule has 0 aliphatic heterocycles. The van der Waals surface area contributed by atoms with Gasteiger partial charge in [-0.3, -0.25) is 4.98 Å². The lowest BCUT2D eigenvalue weighted by Crippen LogP contribution is -1.90. The molecule has 3 aromatic heterocycles. The first kappa shape index (κ1) is 14.9. The third kappa shape index (κ3) is 3.63. The predicted molar refractivity (Wildman–Crippen MR) is 166 cm³/mol. The zero-order valence-electron chi connectivity index (χ0n) is 29.3. The maximum Gasteiger partial charge on any atom is 0.0972 e. The van der Waals surface area contributed by atoms with Crippen LogP contribution in [-0.2, 0) is 0 Å². The molecule has 5 aromatic carbocycles. The van der Waals surface area contributed by atoms with Crippen LogP contribution in [0.5, 0.6) is 0 Å². The molecule has 8 aromatic rings. The smallest absolute Gasteiger partial charge is 0.0972 e. The molecule has 3 heteroatoms. The average Bonchev–Trinajstić information content (AvgIpc) is 3.40. The van der Waals surface area contributed by atoms with Crippen LogP contribution in [0.2, 0.25) is 0 Å². The summed E-state index contributed by atoms with van der Waals surface area (Å²) in [5, 5.41) is 3.38. The van der Waals surface area contributed by atoms with Crippen LogP contribution in [0.1, 0.15) is 12.3 Å². The fourth-order valence-electron chi connectivity index (χ4n) is 5.08. The van der Waals surface area contributed by atoms with Crippen LogP contribution in [0.3, 0.4) is 0 Å². The van der Waals surface area contributed by atoms with Crippen molar-refractivity contribution in [2.45, 2.75) is 0 Å². The van der Waals surface area contributed by atoms with E-state index in [0.717, 1.165) is 55.2 Å². The highest BCUT2D eigenvalue weighted by Gasteiger charge is 2.14. The Balaban J connectivity index is 1.36. The van der Waals surface area contributed by atoms with Crippen molar-refractivity contribution in [2.75, 3.05) is 0 Å². The van der Waals surface area contributed by atoms with Gasteiger partial charge < -0.3 is 0 Å². The second kappa shape index (κ2) is 8.87. The summed E-state index contributed by atoms with van der Waals surface area (Å²) < 4.78 is 77.2. The molecular weight excluding hydrogens is 492 g/mol. The standard InChI is InChI=1S/C36H22N2S/c1-2-10-26-23(7-1)8-5-13-30(26)33-20-21-34(39-33)31-18-17-29(27-11-3-4-12-28(27)31)32-19-16-25-15-14-24-9-6-22-37-35(24)36(25)38-32/h1-22H/i1D,2D,5D,7D,8D,10D,13D,20D,21D. The maximum atomic E-state index is 9.02. The van der Waals surface area contributed by atoms with Crippen molar-refractivity contribution in [1.29, 1.82) is 0 Å². The van der Waals surface area contributed by atoms with E-state index in [1.54, 1.807) is 6.20 Å². The van der Waals surface area contributed by atoms with Crippen LogP contribution in [-0.4, -0.2) is 9.97 Å². The van der Waals surface area contributed by atoms with Gasteiger partial charge in [0.1, 0.15) is 0 Å². The lowest BCUT2D eigenvalue weighted by Gasteiger charge is -2.12. The van der Waals surface area contributed by atoms with Gasteiger partial charge in [0.15, 0.2) is 0 Å². The second-order valence-electron chi connectivity index (χ2n) is 9.13. The van der Waals surface area contributed by atoms with Crippen molar-refractivity contribution < 1.29 is 12.3 Å². The Morgan fingerprint density at radius 2 is 1.23 bits per heavy atom. The minimum atomic E-state index is -0.542. The fraction of sp³-hybridized carbons (Fsp3) is 0. The number of hydrogen-bond donors (Lipinski definition) is 0. The molecule has 0 atom stereocenters. The average molecular weight is 524 g/mol. The summed E-state index contributed by atoms with van der Waals surface area (Å²) in [6.07, 6.45) is 1.75. The molecule has 0 saturated heterocycles. The van der Waals surface area contributed by atoms with E-state index in [9.17, 15) is 0 Å². The zero-order chi connectivity index (χ0) is 33.6. The summed E-state index contributed by atoms with van der Waals surface area (Å²) in [5.41, 5.74) is 3.86. The minimum absolute atomic E-state index is 0.0464. The summed E-state index contributed by atoms with van der Waals surface area (Å²) in [4.78, 5) is 10.2. The molecule has 182 valence electrons. The Labute approximate surface area is 242 Å². The first-order valence-corrected chi connectivity index (χ1v) is 13.2. The van der Waals surface area contributed by atoms with Gasteiger partial charge in [0.25, 0.3) is 0 Å². The maximum absolute atomic E-state index is 9.02. The summed E-state index contributed by atoms with van der Waals surface area (Å²) in [5.74, 6) is 0. The first-order valence-electron chi connectivity index (χ1n) is 16.9. The van der Waals surface area contributed by atoms with Crippen LogP contribution in [0.15, 0.2) is 133 Å². The number of thiophene rings is 1. The van der Waals surface area contributed by atoms with Gasteiger partial charge in [-0.05, 0) is 56.9 Å². The van der Waals surface area contributed by atoms with Crippen LogP contribution in [0.4, 0.5) is 0 Å². The third-order valence-corrected chi connectivity index (χ3v) is 7.95. The molecule has 39 heavy (non-hydrogen) atoms. The number of pyridine rings is 2. The summed E-state index contributed by atoms with van der Waals surface area (Å²) in [7, 11) is 0. The van der Waals surface area contributed by atoms with Gasteiger partial charge in [-0.15, -0.1) is 11.3 Å². The highest BCUT2D eigenvalue weighted by atomic mass is 32.1. The number of benzene rings is 5. The van der Waals surface area contributed by atoms with E-state index < -0.39 is 42.3 Å². The quantitative estimate of drug-likeness (QED) is 0.215. The van der Waals surface area contributed by atoms with Gasteiger partial charge in [0.2, 0.25) is 0 Å². The number of hydrogen-bond acceptors (Lipinski definition) is 3. The lowest BCUT2D eigenvalue weighted by atomic mass is 9.96. The van der Waals surface area contributed by atoms with Gasteiger partial charge in [-0.2, -0.15) is 0 Å². The van der Waals surface area contributed by atoms with Gasteiger partial charge in [0, 0.05) is 32.3 Å². The molecule has 0 N–H and O–H groups in total. The van der Waals surface area contributed by atoms with E-state index >= 15 is 0 Å². The van der Waals surface area contributed by atoms with E-state index in [0.29, 0.717) is 10.4 Å². The molecule has 3 heterocycles. The molecule has 8 rings (SSSR count). The molecule has 0 radical (unpaired) electrons. The SMILES string of the molecule is [2H]c1c(-c2ccc(-c3ccc4ccc5cccnc5c4n3)c3ccccc23)sc(-c2c([2H])c([2H])c([2H])c3c([2H])c([2H])c([2H])c([2H])c23)c1[2H]. The van der Waals surface area contributed by atoms with Gasteiger partial charge in [-0.25, -0.2) is 4.98 Å². The van der Waals surface area contributed by atoms with Crippen LogP contribution >= 0.6 is 11.3 Å². The van der Waals surface area contributed by atoms with Crippen molar-refractivity contribution in [2.24, 2.45) is 0 Å². The molecule has 0 saturated carbocycles. The van der Waals surface area contributed by atoms with Gasteiger partial charge in [0.05, 0.1) is 29.1 Å². The molecule has 0 fully saturated rings. The largest absolute Gasteiger partial charge is 0.254 e. The minimum Gasteiger partial charge on any atom is -0.254 e. The van der Waals surface area contributed by atoms with E-state index in [4.69, 9.17) is 17.3 Å². The number of fused-ring (bicyclic) bond motifs is 5. The van der Waals surface area contributed by atoms with Crippen molar-refractivity contribution in [3.05, 3.63) is 133 Å². The number of nitrogens with zero attached hydrogens (tertiary/aromatic N) is 2. The van der Waals surface area contributed by atoms with Crippen molar-refractivity contribution in [3.8, 4) is 32.1 Å². The molecule has 0 amide bonds. The molecule has 0 spiro atoms. The van der Waals surface area contributed by atoms with Gasteiger partial charge >= 0.3 is 0 Å². The molecular formula is C36H22N2S. The monoisotopic (exact) mass is 523 g/mol. The second-order valence-corrected chi connectivity index (χ2v) is 10.1. The highest BCUT2D eigenvalue weighted by Crippen LogP contribution is 2.42. The van der Waals surface area contributed by atoms with Gasteiger partial charge in [-0.1, -0.05) is 103 Å². The van der Waals surface area contributed by atoms with E-state index in [-0.39, 0.29) is 33.3 Å².